The van der Waals surface area contributed by atoms with E-state index in [9.17, 15) is 18.0 Å². The molecule has 2 aromatic rings. The highest BCUT2D eigenvalue weighted by Gasteiger charge is 2.30. The second-order valence-corrected chi connectivity index (χ2v) is 11.0. The van der Waals surface area contributed by atoms with E-state index in [0.717, 1.165) is 11.1 Å². The summed E-state index contributed by atoms with van der Waals surface area (Å²) in [4.78, 5) is 26.6. The number of benzene rings is 2. The first-order chi connectivity index (χ1) is 15.5. The summed E-state index contributed by atoms with van der Waals surface area (Å²) < 4.78 is 32.3. The molecule has 9 heteroatoms. The van der Waals surface area contributed by atoms with Crippen molar-refractivity contribution in [3.8, 4) is 0 Å². The van der Waals surface area contributed by atoms with E-state index in [1.807, 2.05) is 6.92 Å². The molecule has 1 saturated heterocycles. The van der Waals surface area contributed by atoms with Crippen molar-refractivity contribution < 1.29 is 22.7 Å². The Bertz CT molecular complexity index is 1080. The predicted molar refractivity (Wildman–Crippen MR) is 125 cm³/mol. The average molecular weight is 474 g/mol. The lowest BCUT2D eigenvalue weighted by molar-refractivity contribution is 0.0523. The van der Waals surface area contributed by atoms with Crippen LogP contribution in [0.4, 0.5) is 4.79 Å². The van der Waals surface area contributed by atoms with E-state index in [0.29, 0.717) is 25.2 Å². The Morgan fingerprint density at radius 1 is 0.939 bits per heavy atom. The fourth-order valence-corrected chi connectivity index (χ4v) is 4.85. The molecule has 0 aliphatic carbocycles. The first-order valence-electron chi connectivity index (χ1n) is 10.9. The van der Waals surface area contributed by atoms with Gasteiger partial charge in [-0.15, -0.1) is 0 Å². The minimum atomic E-state index is -3.57. The second-order valence-electron chi connectivity index (χ2n) is 9.06. The summed E-state index contributed by atoms with van der Waals surface area (Å²) in [6.45, 7) is 8.74. The molecule has 1 fully saturated rings. The number of sulfonamides is 1. The topological polar surface area (TPSA) is 96.0 Å². The highest BCUT2D eigenvalue weighted by molar-refractivity contribution is 7.89. The zero-order chi connectivity index (χ0) is 24.2. The van der Waals surface area contributed by atoms with Crippen molar-refractivity contribution in [1.82, 2.24) is 14.5 Å². The van der Waals surface area contributed by atoms with Gasteiger partial charge in [0.2, 0.25) is 10.0 Å². The third kappa shape index (κ3) is 6.55. The van der Waals surface area contributed by atoms with Crippen LogP contribution in [0.25, 0.3) is 0 Å². The Hall–Kier alpha value is -2.91. The lowest BCUT2D eigenvalue weighted by atomic mass is 10.1. The molecule has 8 nitrogen and oxygen atoms in total. The van der Waals surface area contributed by atoms with Gasteiger partial charge in [0.05, 0.1) is 4.90 Å². The molecule has 0 saturated carbocycles. The monoisotopic (exact) mass is 473 g/mol. The number of nitrogens with zero attached hydrogens (tertiary/aromatic N) is 2. The average Bonchev–Trinajstić information content (AvgIpc) is 2.77. The molecule has 0 bridgehead atoms. The number of hydrogen-bond acceptors (Lipinski definition) is 5. The van der Waals surface area contributed by atoms with Gasteiger partial charge >= 0.3 is 6.09 Å². The number of alkyl carbamates (subject to hydrolysis) is 1. The van der Waals surface area contributed by atoms with Gasteiger partial charge in [0.15, 0.2) is 0 Å². The van der Waals surface area contributed by atoms with Crippen molar-refractivity contribution in [2.24, 2.45) is 0 Å². The summed E-state index contributed by atoms with van der Waals surface area (Å²) in [5, 5.41) is 2.68. The summed E-state index contributed by atoms with van der Waals surface area (Å²) in [6, 6.07) is 13.8. The van der Waals surface area contributed by atoms with Crippen LogP contribution < -0.4 is 5.32 Å². The SMILES string of the molecule is Cc1ccc(S(=O)(=O)N2CCN(C(=O)c3ccc(CNC(=O)OC(C)(C)C)cc3)CC2)cc1. The smallest absolute Gasteiger partial charge is 0.407 e. The molecule has 3 rings (SSSR count). The number of carbonyl (C=O) groups is 2. The molecule has 0 radical (unpaired) electrons. The van der Waals surface area contributed by atoms with Gasteiger partial charge in [-0.05, 0) is 57.5 Å². The minimum absolute atomic E-state index is 0.144. The maximum absolute atomic E-state index is 12.9. The zero-order valence-corrected chi connectivity index (χ0v) is 20.3. The molecular weight excluding hydrogens is 442 g/mol. The normalized spacial score (nSPS) is 15.2. The fourth-order valence-electron chi connectivity index (χ4n) is 3.43. The fraction of sp³-hybridized carbons (Fsp3) is 0.417. The van der Waals surface area contributed by atoms with Gasteiger partial charge in [-0.3, -0.25) is 4.79 Å². The third-order valence-electron chi connectivity index (χ3n) is 5.22. The number of aryl methyl sites for hydroxylation is 1. The Balaban J connectivity index is 1.54. The minimum Gasteiger partial charge on any atom is -0.444 e. The van der Waals surface area contributed by atoms with E-state index >= 15 is 0 Å². The van der Waals surface area contributed by atoms with E-state index in [-0.39, 0.29) is 23.9 Å². The highest BCUT2D eigenvalue weighted by atomic mass is 32.2. The molecular formula is C24H31N3O5S. The van der Waals surface area contributed by atoms with E-state index < -0.39 is 21.7 Å². The van der Waals surface area contributed by atoms with Crippen LogP contribution in [0.3, 0.4) is 0 Å². The van der Waals surface area contributed by atoms with Crippen molar-refractivity contribution in [2.45, 2.75) is 44.7 Å². The predicted octanol–water partition coefficient (Wildman–Crippen LogP) is 3.17. The van der Waals surface area contributed by atoms with Gasteiger partial charge in [-0.25, -0.2) is 13.2 Å². The highest BCUT2D eigenvalue weighted by Crippen LogP contribution is 2.19. The molecule has 1 aliphatic rings. The molecule has 0 unspecified atom stereocenters. The number of piperazine rings is 1. The number of carbonyl (C=O) groups excluding carboxylic acids is 2. The summed E-state index contributed by atoms with van der Waals surface area (Å²) in [6.07, 6.45) is -0.499. The molecule has 0 spiro atoms. The number of amides is 2. The van der Waals surface area contributed by atoms with Crippen LogP contribution in [0.1, 0.15) is 42.3 Å². The molecule has 1 aliphatic heterocycles. The van der Waals surface area contributed by atoms with Crippen LogP contribution in [-0.4, -0.2) is 61.4 Å². The van der Waals surface area contributed by atoms with Crippen molar-refractivity contribution >= 4 is 22.0 Å². The quantitative estimate of drug-likeness (QED) is 0.720. The van der Waals surface area contributed by atoms with Gasteiger partial charge in [-0.1, -0.05) is 29.8 Å². The molecule has 2 amide bonds. The summed E-state index contributed by atoms with van der Waals surface area (Å²) in [5.74, 6) is -0.144. The first-order valence-corrected chi connectivity index (χ1v) is 12.3. The standard InChI is InChI=1S/C24H31N3O5S/c1-18-5-11-21(12-6-18)33(30,31)27-15-13-26(14-16-27)22(28)20-9-7-19(8-10-20)17-25-23(29)32-24(2,3)4/h5-12H,13-17H2,1-4H3,(H,25,29). The van der Waals surface area contributed by atoms with Crippen molar-refractivity contribution in [2.75, 3.05) is 26.2 Å². The lowest BCUT2D eigenvalue weighted by Crippen LogP contribution is -2.50. The second kappa shape index (κ2) is 9.93. The maximum Gasteiger partial charge on any atom is 0.407 e. The van der Waals surface area contributed by atoms with Gasteiger partial charge in [0.1, 0.15) is 5.60 Å². The molecule has 33 heavy (non-hydrogen) atoms. The number of ether oxygens (including phenoxy) is 1. The first kappa shape index (κ1) is 24.7. The van der Waals surface area contributed by atoms with Crippen LogP contribution in [0, 0.1) is 6.92 Å². The van der Waals surface area contributed by atoms with Crippen LogP contribution >= 0.6 is 0 Å². The van der Waals surface area contributed by atoms with Crippen molar-refractivity contribution in [3.63, 3.8) is 0 Å². The zero-order valence-electron chi connectivity index (χ0n) is 19.5. The van der Waals surface area contributed by atoms with Crippen LogP contribution in [0.15, 0.2) is 53.4 Å². The van der Waals surface area contributed by atoms with Crippen LogP contribution in [-0.2, 0) is 21.3 Å². The summed E-state index contributed by atoms with van der Waals surface area (Å²) >= 11 is 0. The van der Waals surface area contributed by atoms with Crippen LogP contribution in [0.2, 0.25) is 0 Å². The Kier molecular flexibility index (Phi) is 7.44. The van der Waals surface area contributed by atoms with Gasteiger partial charge in [0.25, 0.3) is 5.91 Å². The molecule has 1 N–H and O–H groups in total. The molecule has 1 heterocycles. The number of hydrogen-bond donors (Lipinski definition) is 1. The summed E-state index contributed by atoms with van der Waals surface area (Å²) in [7, 11) is -3.57. The number of nitrogens with one attached hydrogen (secondary N) is 1. The number of rotatable bonds is 5. The summed E-state index contributed by atoms with van der Waals surface area (Å²) in [5.41, 5.74) is 1.79. The van der Waals surface area contributed by atoms with E-state index in [1.165, 1.54) is 4.31 Å². The van der Waals surface area contributed by atoms with Gasteiger partial charge in [0, 0.05) is 38.3 Å². The molecule has 0 aromatic heterocycles. The Morgan fingerprint density at radius 2 is 1.52 bits per heavy atom. The molecule has 178 valence electrons. The maximum atomic E-state index is 12.9. The molecule has 2 aromatic carbocycles. The van der Waals surface area contributed by atoms with E-state index in [4.69, 9.17) is 4.74 Å². The van der Waals surface area contributed by atoms with Gasteiger partial charge in [-0.2, -0.15) is 4.31 Å². The van der Waals surface area contributed by atoms with Crippen molar-refractivity contribution in [3.05, 3.63) is 65.2 Å². The lowest BCUT2D eigenvalue weighted by Gasteiger charge is -2.34. The van der Waals surface area contributed by atoms with E-state index in [1.54, 1.807) is 74.2 Å². The van der Waals surface area contributed by atoms with Crippen LogP contribution in [0.5, 0.6) is 0 Å². The van der Waals surface area contributed by atoms with Crippen molar-refractivity contribution in [1.29, 1.82) is 0 Å². The third-order valence-corrected chi connectivity index (χ3v) is 7.13. The molecule has 0 atom stereocenters. The largest absolute Gasteiger partial charge is 0.444 e. The Morgan fingerprint density at radius 3 is 2.06 bits per heavy atom. The Labute approximate surface area is 195 Å². The van der Waals surface area contributed by atoms with E-state index in [2.05, 4.69) is 5.32 Å². The van der Waals surface area contributed by atoms with Gasteiger partial charge < -0.3 is 15.0 Å².